The van der Waals surface area contributed by atoms with Gasteiger partial charge in [-0.05, 0) is 45.7 Å². The van der Waals surface area contributed by atoms with Crippen molar-refractivity contribution in [2.75, 3.05) is 0 Å². The minimum absolute atomic E-state index is 0.370. The summed E-state index contributed by atoms with van der Waals surface area (Å²) in [5.41, 5.74) is 0.0893. The van der Waals surface area contributed by atoms with E-state index in [4.69, 9.17) is 4.74 Å². The zero-order valence-corrected chi connectivity index (χ0v) is 14.6. The second-order valence-electron chi connectivity index (χ2n) is 6.83. The van der Waals surface area contributed by atoms with E-state index >= 15 is 0 Å². The van der Waals surface area contributed by atoms with Crippen molar-refractivity contribution < 1.29 is 19.1 Å². The molecular weight excluding hydrogens is 308 g/mol. The molecule has 6 nitrogen and oxygen atoms in total. The summed E-state index contributed by atoms with van der Waals surface area (Å²) in [6.07, 6.45) is 0.789. The molecule has 1 unspecified atom stereocenters. The highest BCUT2D eigenvalue weighted by molar-refractivity contribution is 6.21. The third-order valence-corrected chi connectivity index (χ3v) is 3.65. The van der Waals surface area contributed by atoms with Crippen molar-refractivity contribution in [3.05, 3.63) is 35.4 Å². The van der Waals surface area contributed by atoms with Gasteiger partial charge in [0.05, 0.1) is 11.1 Å². The number of hydrogen-bond acceptors (Lipinski definition) is 4. The first-order valence-electron chi connectivity index (χ1n) is 8.21. The first-order chi connectivity index (χ1) is 11.2. The summed E-state index contributed by atoms with van der Waals surface area (Å²) in [6, 6.07) is 6.69. The highest BCUT2D eigenvalue weighted by Crippen LogP contribution is 2.25. The lowest BCUT2D eigenvalue weighted by molar-refractivity contribution is 0.0377. The number of nitrogens with zero attached hydrogens (tertiary/aromatic N) is 1. The summed E-state index contributed by atoms with van der Waals surface area (Å²) in [7, 11) is 0. The van der Waals surface area contributed by atoms with E-state index in [1.54, 1.807) is 45.0 Å². The Balaban J connectivity index is 2.21. The number of alkyl carbamates (subject to hydrolysis) is 1. The van der Waals surface area contributed by atoms with Crippen LogP contribution in [0, 0.1) is 0 Å². The summed E-state index contributed by atoms with van der Waals surface area (Å²) in [5, 5.41) is 2.67. The Morgan fingerprint density at radius 3 is 2.17 bits per heavy atom. The van der Waals surface area contributed by atoms with E-state index in [9.17, 15) is 14.4 Å². The fourth-order valence-electron chi connectivity index (χ4n) is 2.60. The summed E-state index contributed by atoms with van der Waals surface area (Å²) in [6.45, 7) is 7.29. The van der Waals surface area contributed by atoms with Crippen LogP contribution in [-0.4, -0.2) is 34.6 Å². The molecule has 24 heavy (non-hydrogen) atoms. The van der Waals surface area contributed by atoms with Gasteiger partial charge in [0.2, 0.25) is 0 Å². The molecule has 1 aliphatic heterocycles. The minimum atomic E-state index is -0.716. The van der Waals surface area contributed by atoms with Gasteiger partial charge in [-0.25, -0.2) is 4.79 Å². The zero-order valence-electron chi connectivity index (χ0n) is 14.6. The lowest BCUT2D eigenvalue weighted by Gasteiger charge is -2.28. The summed E-state index contributed by atoms with van der Waals surface area (Å²) in [4.78, 5) is 38.4. The van der Waals surface area contributed by atoms with Crippen LogP contribution in [0.2, 0.25) is 0 Å². The Labute approximate surface area is 142 Å². The summed E-state index contributed by atoms with van der Waals surface area (Å²) < 4.78 is 5.26. The predicted octanol–water partition coefficient (Wildman–Crippen LogP) is 3.32. The number of benzene rings is 1. The van der Waals surface area contributed by atoms with E-state index in [-0.39, 0.29) is 11.8 Å². The SMILES string of the molecule is CCCCC(NC(=O)OC(C)(C)C)N1C(=O)c2ccccc2C1=O. The van der Waals surface area contributed by atoms with E-state index in [0.29, 0.717) is 17.5 Å². The molecule has 0 saturated carbocycles. The van der Waals surface area contributed by atoms with E-state index in [1.807, 2.05) is 6.92 Å². The Kier molecular flexibility index (Phi) is 5.26. The molecule has 0 saturated heterocycles. The van der Waals surface area contributed by atoms with Gasteiger partial charge in [0.1, 0.15) is 11.8 Å². The Morgan fingerprint density at radius 1 is 1.17 bits per heavy atom. The fourth-order valence-corrected chi connectivity index (χ4v) is 2.60. The number of hydrogen-bond donors (Lipinski definition) is 1. The van der Waals surface area contributed by atoms with Crippen molar-refractivity contribution in [1.29, 1.82) is 0 Å². The predicted molar refractivity (Wildman–Crippen MR) is 89.6 cm³/mol. The van der Waals surface area contributed by atoms with Crippen molar-refractivity contribution in [3.63, 3.8) is 0 Å². The second kappa shape index (κ2) is 7.03. The number of carbonyl (C=O) groups is 3. The molecule has 6 heteroatoms. The molecule has 130 valence electrons. The largest absolute Gasteiger partial charge is 0.444 e. The van der Waals surface area contributed by atoms with Crippen molar-refractivity contribution in [2.24, 2.45) is 0 Å². The number of imide groups is 1. The third-order valence-electron chi connectivity index (χ3n) is 3.65. The van der Waals surface area contributed by atoms with Crippen LogP contribution < -0.4 is 5.32 Å². The number of ether oxygens (including phenoxy) is 1. The number of rotatable bonds is 5. The first kappa shape index (κ1) is 18.0. The quantitative estimate of drug-likeness (QED) is 0.839. The highest BCUT2D eigenvalue weighted by atomic mass is 16.6. The number of carbonyl (C=O) groups excluding carboxylic acids is 3. The van der Waals surface area contributed by atoms with Crippen molar-refractivity contribution >= 4 is 17.9 Å². The van der Waals surface area contributed by atoms with E-state index in [2.05, 4.69) is 5.32 Å². The number of amides is 3. The van der Waals surface area contributed by atoms with Crippen LogP contribution in [0.25, 0.3) is 0 Å². The normalized spacial score (nSPS) is 15.2. The van der Waals surface area contributed by atoms with Crippen LogP contribution in [-0.2, 0) is 4.74 Å². The second-order valence-corrected chi connectivity index (χ2v) is 6.83. The lowest BCUT2D eigenvalue weighted by Crippen LogP contribution is -2.51. The van der Waals surface area contributed by atoms with Crippen LogP contribution in [0.3, 0.4) is 0 Å². The third kappa shape index (κ3) is 3.93. The summed E-state index contributed by atoms with van der Waals surface area (Å²) >= 11 is 0. The first-order valence-corrected chi connectivity index (χ1v) is 8.21. The Morgan fingerprint density at radius 2 is 1.71 bits per heavy atom. The maximum atomic E-state index is 12.6. The zero-order chi connectivity index (χ0) is 17.9. The van der Waals surface area contributed by atoms with E-state index in [0.717, 1.165) is 17.7 Å². The molecule has 0 aliphatic carbocycles. The molecule has 0 aromatic heterocycles. The van der Waals surface area contributed by atoms with Gasteiger partial charge < -0.3 is 10.1 Å². The average molecular weight is 332 g/mol. The lowest BCUT2D eigenvalue weighted by atomic mass is 10.1. The van der Waals surface area contributed by atoms with E-state index in [1.165, 1.54) is 0 Å². The molecule has 1 N–H and O–H groups in total. The molecule has 1 atom stereocenters. The van der Waals surface area contributed by atoms with Gasteiger partial charge in [0.25, 0.3) is 11.8 Å². The van der Waals surface area contributed by atoms with Crippen LogP contribution in [0.15, 0.2) is 24.3 Å². The van der Waals surface area contributed by atoms with Crippen LogP contribution >= 0.6 is 0 Å². The molecule has 0 bridgehead atoms. The Bertz CT molecular complexity index is 614. The molecule has 2 rings (SSSR count). The Hall–Kier alpha value is -2.37. The van der Waals surface area contributed by atoms with Crippen LogP contribution in [0.1, 0.15) is 67.7 Å². The van der Waals surface area contributed by atoms with Crippen LogP contribution in [0.4, 0.5) is 4.79 Å². The highest BCUT2D eigenvalue weighted by Gasteiger charge is 2.40. The molecular formula is C18H24N2O4. The molecule has 0 radical (unpaired) electrons. The van der Waals surface area contributed by atoms with Gasteiger partial charge in [0.15, 0.2) is 0 Å². The van der Waals surface area contributed by atoms with Gasteiger partial charge in [0, 0.05) is 0 Å². The van der Waals surface area contributed by atoms with Crippen molar-refractivity contribution in [1.82, 2.24) is 10.2 Å². The summed E-state index contributed by atoms with van der Waals surface area (Å²) in [5.74, 6) is -0.763. The van der Waals surface area contributed by atoms with Gasteiger partial charge >= 0.3 is 6.09 Å². The molecule has 3 amide bonds. The molecule has 0 spiro atoms. The maximum absolute atomic E-state index is 12.6. The number of nitrogens with one attached hydrogen (secondary N) is 1. The number of unbranched alkanes of at least 4 members (excludes halogenated alkanes) is 1. The van der Waals surface area contributed by atoms with Gasteiger partial charge in [-0.15, -0.1) is 0 Å². The maximum Gasteiger partial charge on any atom is 0.409 e. The minimum Gasteiger partial charge on any atom is -0.444 e. The van der Waals surface area contributed by atoms with Crippen molar-refractivity contribution in [3.8, 4) is 0 Å². The van der Waals surface area contributed by atoms with Gasteiger partial charge in [-0.2, -0.15) is 0 Å². The monoisotopic (exact) mass is 332 g/mol. The van der Waals surface area contributed by atoms with Gasteiger partial charge in [-0.1, -0.05) is 25.5 Å². The van der Waals surface area contributed by atoms with E-state index < -0.39 is 17.9 Å². The van der Waals surface area contributed by atoms with Gasteiger partial charge in [-0.3, -0.25) is 14.5 Å². The fraction of sp³-hybridized carbons (Fsp3) is 0.500. The molecule has 1 aromatic carbocycles. The molecule has 1 aromatic rings. The number of fused-ring (bicyclic) bond motifs is 1. The molecule has 1 heterocycles. The smallest absolute Gasteiger partial charge is 0.409 e. The molecule has 1 aliphatic rings. The molecule has 0 fully saturated rings. The topological polar surface area (TPSA) is 75.7 Å². The van der Waals surface area contributed by atoms with Crippen LogP contribution in [0.5, 0.6) is 0 Å². The average Bonchev–Trinajstić information content (AvgIpc) is 2.74. The standard InChI is InChI=1S/C18H24N2O4/c1-5-6-11-14(19-17(23)24-18(2,3)4)20-15(21)12-9-7-8-10-13(12)16(20)22/h7-10,14H,5-6,11H2,1-4H3,(H,19,23). The van der Waals surface area contributed by atoms with Crippen molar-refractivity contribution in [2.45, 2.75) is 58.7 Å².